The Labute approximate surface area is 106 Å². The van der Waals surface area contributed by atoms with Crippen molar-refractivity contribution >= 4 is 10.8 Å². The summed E-state index contributed by atoms with van der Waals surface area (Å²) in [4.78, 5) is 4.12. The van der Waals surface area contributed by atoms with Crippen LogP contribution in [-0.2, 0) is 4.74 Å². The van der Waals surface area contributed by atoms with Crippen molar-refractivity contribution < 1.29 is 9.84 Å². The van der Waals surface area contributed by atoms with E-state index in [2.05, 4.69) is 4.98 Å². The van der Waals surface area contributed by atoms with Gasteiger partial charge in [0.05, 0.1) is 5.60 Å². The number of benzene rings is 1. The predicted molar refractivity (Wildman–Crippen MR) is 70.3 cm³/mol. The molecule has 0 radical (unpaired) electrons. The first-order chi connectivity index (χ1) is 8.71. The molecule has 1 aliphatic rings. The maximum absolute atomic E-state index is 10.6. The molecule has 94 valence electrons. The third-order valence-corrected chi connectivity index (χ3v) is 3.84. The summed E-state index contributed by atoms with van der Waals surface area (Å²) in [5, 5.41) is 12.7. The van der Waals surface area contributed by atoms with E-state index >= 15 is 0 Å². The van der Waals surface area contributed by atoms with E-state index in [9.17, 15) is 5.11 Å². The number of nitrogens with zero attached hydrogens (tertiary/aromatic N) is 1. The monoisotopic (exact) mass is 243 g/mol. The lowest BCUT2D eigenvalue weighted by atomic mass is 9.88. The molecule has 0 bridgehead atoms. The van der Waals surface area contributed by atoms with Gasteiger partial charge in [0.2, 0.25) is 0 Å². The molecular formula is C15H17NO2. The minimum atomic E-state index is -0.592. The Hall–Kier alpha value is -1.45. The zero-order chi connectivity index (χ0) is 12.6. The summed E-state index contributed by atoms with van der Waals surface area (Å²) in [5.41, 5.74) is 0.469. The molecule has 0 saturated carbocycles. The number of aromatic nitrogens is 1. The number of hydrogen-bond acceptors (Lipinski definition) is 3. The number of aliphatic hydroxyl groups excluding tert-OH is 1. The van der Waals surface area contributed by atoms with Gasteiger partial charge in [-0.25, -0.2) is 0 Å². The van der Waals surface area contributed by atoms with Gasteiger partial charge in [0, 0.05) is 24.4 Å². The molecule has 2 unspecified atom stereocenters. The van der Waals surface area contributed by atoms with E-state index in [-0.39, 0.29) is 0 Å². The molecule has 3 heteroatoms. The quantitative estimate of drug-likeness (QED) is 0.882. The van der Waals surface area contributed by atoms with Crippen molar-refractivity contribution in [2.75, 3.05) is 6.61 Å². The smallest absolute Gasteiger partial charge is 0.108 e. The van der Waals surface area contributed by atoms with Crippen molar-refractivity contribution in [2.24, 2.45) is 0 Å². The Morgan fingerprint density at radius 1 is 1.39 bits per heavy atom. The van der Waals surface area contributed by atoms with Gasteiger partial charge in [0.25, 0.3) is 0 Å². The molecule has 1 saturated heterocycles. The average molecular weight is 243 g/mol. The van der Waals surface area contributed by atoms with E-state index in [0.717, 1.165) is 35.8 Å². The number of rotatable bonds is 2. The molecule has 1 aromatic heterocycles. The summed E-state index contributed by atoms with van der Waals surface area (Å²) in [5.74, 6) is 0. The van der Waals surface area contributed by atoms with Crippen molar-refractivity contribution in [2.45, 2.75) is 31.5 Å². The summed E-state index contributed by atoms with van der Waals surface area (Å²) in [6.45, 7) is 2.73. The number of fused-ring (bicyclic) bond motifs is 1. The van der Waals surface area contributed by atoms with Crippen LogP contribution >= 0.6 is 0 Å². The van der Waals surface area contributed by atoms with Gasteiger partial charge in [-0.15, -0.1) is 0 Å². The second-order valence-electron chi connectivity index (χ2n) is 5.11. The highest BCUT2D eigenvalue weighted by Crippen LogP contribution is 2.39. The van der Waals surface area contributed by atoms with Crippen LogP contribution in [0, 0.1) is 0 Å². The summed E-state index contributed by atoms with van der Waals surface area (Å²) >= 11 is 0. The highest BCUT2D eigenvalue weighted by Gasteiger charge is 2.38. The van der Waals surface area contributed by atoms with Crippen LogP contribution in [-0.4, -0.2) is 22.3 Å². The topological polar surface area (TPSA) is 42.4 Å². The second kappa shape index (κ2) is 4.34. The van der Waals surface area contributed by atoms with Gasteiger partial charge in [-0.1, -0.05) is 18.2 Å². The molecule has 18 heavy (non-hydrogen) atoms. The molecule has 3 nitrogen and oxygen atoms in total. The maximum Gasteiger partial charge on any atom is 0.108 e. The highest BCUT2D eigenvalue weighted by atomic mass is 16.5. The summed E-state index contributed by atoms with van der Waals surface area (Å²) in [6.07, 6.45) is 4.90. The van der Waals surface area contributed by atoms with Gasteiger partial charge < -0.3 is 9.84 Å². The molecule has 2 aromatic rings. The zero-order valence-corrected chi connectivity index (χ0v) is 10.5. The van der Waals surface area contributed by atoms with Crippen molar-refractivity contribution in [3.8, 4) is 0 Å². The van der Waals surface area contributed by atoms with Crippen molar-refractivity contribution in [3.63, 3.8) is 0 Å². The number of ether oxygens (including phenoxy) is 1. The largest absolute Gasteiger partial charge is 0.385 e. The molecule has 0 aliphatic carbocycles. The second-order valence-corrected chi connectivity index (χ2v) is 5.11. The Morgan fingerprint density at radius 3 is 3.06 bits per heavy atom. The molecule has 1 aliphatic heterocycles. The Morgan fingerprint density at radius 2 is 2.28 bits per heavy atom. The zero-order valence-electron chi connectivity index (χ0n) is 10.5. The molecule has 2 heterocycles. The molecule has 1 fully saturated rings. The third-order valence-electron chi connectivity index (χ3n) is 3.84. The fraction of sp³-hybridized carbons (Fsp3) is 0.400. The highest BCUT2D eigenvalue weighted by molar-refractivity contribution is 5.85. The van der Waals surface area contributed by atoms with Crippen molar-refractivity contribution in [3.05, 3.63) is 42.2 Å². The van der Waals surface area contributed by atoms with Gasteiger partial charge in [0.15, 0.2) is 0 Å². The van der Waals surface area contributed by atoms with E-state index in [0.29, 0.717) is 0 Å². The van der Waals surface area contributed by atoms with Crippen LogP contribution in [0.5, 0.6) is 0 Å². The van der Waals surface area contributed by atoms with Gasteiger partial charge in [-0.2, -0.15) is 0 Å². The minimum absolute atomic E-state index is 0.461. The SMILES string of the molecule is CC1(C(O)c2cccc3cnccc23)CCCO1. The fourth-order valence-electron chi connectivity index (χ4n) is 2.73. The standard InChI is InChI=1S/C15H17NO2/c1-15(7-3-9-18-15)14(17)13-5-2-4-11-10-16-8-6-12(11)13/h2,4-6,8,10,14,17H,3,7,9H2,1H3. The molecular weight excluding hydrogens is 226 g/mol. The van der Waals surface area contributed by atoms with Crippen LogP contribution in [0.3, 0.4) is 0 Å². The predicted octanol–water partition coefficient (Wildman–Crippen LogP) is 2.84. The van der Waals surface area contributed by atoms with Gasteiger partial charge in [-0.3, -0.25) is 4.98 Å². The maximum atomic E-state index is 10.6. The number of pyridine rings is 1. The van der Waals surface area contributed by atoms with E-state index in [1.807, 2.05) is 37.4 Å². The average Bonchev–Trinajstić information content (AvgIpc) is 2.85. The van der Waals surface area contributed by atoms with Crippen LogP contribution < -0.4 is 0 Å². The molecule has 1 aromatic carbocycles. The third kappa shape index (κ3) is 1.80. The van der Waals surface area contributed by atoms with E-state index in [1.54, 1.807) is 6.20 Å². The van der Waals surface area contributed by atoms with Crippen LogP contribution in [0.4, 0.5) is 0 Å². The number of hydrogen-bond donors (Lipinski definition) is 1. The fourth-order valence-corrected chi connectivity index (χ4v) is 2.73. The van der Waals surface area contributed by atoms with E-state index in [1.165, 1.54) is 0 Å². The first-order valence-electron chi connectivity index (χ1n) is 6.35. The lowest BCUT2D eigenvalue weighted by Crippen LogP contribution is -2.32. The van der Waals surface area contributed by atoms with Gasteiger partial charge in [-0.05, 0) is 36.8 Å². The van der Waals surface area contributed by atoms with Crippen LogP contribution in [0.2, 0.25) is 0 Å². The molecule has 1 N–H and O–H groups in total. The lowest BCUT2D eigenvalue weighted by molar-refractivity contribution is -0.0790. The molecule has 0 amide bonds. The summed E-state index contributed by atoms with van der Waals surface area (Å²) in [7, 11) is 0. The number of aliphatic hydroxyl groups is 1. The van der Waals surface area contributed by atoms with Crippen LogP contribution in [0.1, 0.15) is 31.4 Å². The molecule has 2 atom stereocenters. The molecule has 3 rings (SSSR count). The molecule has 0 spiro atoms. The Bertz CT molecular complexity index is 556. The summed E-state index contributed by atoms with van der Waals surface area (Å²) in [6, 6.07) is 7.89. The van der Waals surface area contributed by atoms with E-state index in [4.69, 9.17) is 4.74 Å². The van der Waals surface area contributed by atoms with Crippen LogP contribution in [0.25, 0.3) is 10.8 Å². The lowest BCUT2D eigenvalue weighted by Gasteiger charge is -2.30. The normalized spacial score (nSPS) is 25.4. The summed E-state index contributed by atoms with van der Waals surface area (Å²) < 4.78 is 5.74. The van der Waals surface area contributed by atoms with Gasteiger partial charge >= 0.3 is 0 Å². The Kier molecular flexibility index (Phi) is 2.80. The van der Waals surface area contributed by atoms with Crippen molar-refractivity contribution in [1.82, 2.24) is 4.98 Å². The first kappa shape index (κ1) is 11.6. The van der Waals surface area contributed by atoms with Crippen molar-refractivity contribution in [1.29, 1.82) is 0 Å². The minimum Gasteiger partial charge on any atom is -0.385 e. The Balaban J connectivity index is 2.08. The van der Waals surface area contributed by atoms with Crippen LogP contribution in [0.15, 0.2) is 36.7 Å². The van der Waals surface area contributed by atoms with E-state index < -0.39 is 11.7 Å². The first-order valence-corrected chi connectivity index (χ1v) is 6.35. The van der Waals surface area contributed by atoms with Gasteiger partial charge in [0.1, 0.15) is 6.10 Å².